The highest BCUT2D eigenvalue weighted by Gasteiger charge is 2.28. The fraction of sp³-hybridized carbons (Fsp3) is 0.188. The molecular weight excluding hydrogens is 558 g/mol. The van der Waals surface area contributed by atoms with E-state index in [0.29, 0.717) is 60.0 Å². The van der Waals surface area contributed by atoms with Gasteiger partial charge in [-0.2, -0.15) is 0 Å². The maximum atomic E-state index is 15.0. The molecule has 0 aliphatic carbocycles. The third kappa shape index (κ3) is 6.15. The van der Waals surface area contributed by atoms with Crippen molar-refractivity contribution in [1.29, 1.82) is 0 Å². The molecule has 0 N–H and O–H groups in total. The first kappa shape index (κ1) is 29.2. The van der Waals surface area contributed by atoms with E-state index in [0.717, 1.165) is 6.07 Å². The van der Waals surface area contributed by atoms with E-state index in [-0.39, 0.29) is 23.2 Å². The summed E-state index contributed by atoms with van der Waals surface area (Å²) >= 11 is 0. The van der Waals surface area contributed by atoms with Crippen LogP contribution >= 0.6 is 0 Å². The summed E-state index contributed by atoms with van der Waals surface area (Å²) in [6, 6.07) is 18.0. The summed E-state index contributed by atoms with van der Waals surface area (Å²) in [7, 11) is 1.55. The first-order valence-electron chi connectivity index (χ1n) is 13.5. The van der Waals surface area contributed by atoms with E-state index in [9.17, 15) is 28.5 Å². The van der Waals surface area contributed by atoms with Gasteiger partial charge in [0, 0.05) is 56.1 Å². The second-order valence-corrected chi connectivity index (χ2v) is 9.99. The number of nitro benzene ring substituents is 1. The Morgan fingerprint density at radius 3 is 2.16 bits per heavy atom. The normalized spacial score (nSPS) is 13.4. The molecule has 11 heteroatoms. The van der Waals surface area contributed by atoms with E-state index in [1.54, 1.807) is 76.9 Å². The second-order valence-electron chi connectivity index (χ2n) is 9.99. The lowest BCUT2D eigenvalue weighted by Crippen LogP contribution is -2.50. The van der Waals surface area contributed by atoms with Crippen molar-refractivity contribution in [2.75, 3.05) is 33.3 Å². The molecule has 1 aliphatic rings. The summed E-state index contributed by atoms with van der Waals surface area (Å²) in [6.07, 6.45) is 2.99. The molecule has 0 atom stereocenters. The van der Waals surface area contributed by atoms with Crippen LogP contribution in [0.2, 0.25) is 0 Å². The van der Waals surface area contributed by atoms with E-state index in [4.69, 9.17) is 4.74 Å². The average molecular weight is 587 g/mol. The highest BCUT2D eigenvalue weighted by atomic mass is 19.1. The molecule has 9 nitrogen and oxygen atoms in total. The Labute approximate surface area is 246 Å². The molecule has 1 saturated heterocycles. The fourth-order valence-corrected chi connectivity index (χ4v) is 5.05. The van der Waals surface area contributed by atoms with Gasteiger partial charge in [-0.15, -0.1) is 0 Å². The van der Waals surface area contributed by atoms with Gasteiger partial charge in [0.2, 0.25) is 5.91 Å². The van der Waals surface area contributed by atoms with Gasteiger partial charge < -0.3 is 19.1 Å². The number of piperazine rings is 1. The summed E-state index contributed by atoms with van der Waals surface area (Å²) in [4.78, 5) is 40.1. The lowest BCUT2D eigenvalue weighted by Gasteiger charge is -2.34. The van der Waals surface area contributed by atoms with Crippen LogP contribution in [0.1, 0.15) is 21.6 Å². The molecule has 1 fully saturated rings. The molecule has 0 saturated carbocycles. The molecule has 0 radical (unpaired) electrons. The third-order valence-electron chi connectivity index (χ3n) is 7.41. The van der Waals surface area contributed by atoms with Crippen LogP contribution in [0.3, 0.4) is 0 Å². The number of carbonyl (C=O) groups is 2. The minimum atomic E-state index is -0.763. The maximum Gasteiger partial charge on any atom is 0.269 e. The Kier molecular flexibility index (Phi) is 8.33. The highest BCUT2D eigenvalue weighted by molar-refractivity contribution is 5.98. The zero-order chi connectivity index (χ0) is 30.7. The number of hydrogen-bond acceptors (Lipinski definition) is 5. The van der Waals surface area contributed by atoms with Crippen LogP contribution in [0.5, 0.6) is 5.75 Å². The van der Waals surface area contributed by atoms with Crippen molar-refractivity contribution in [3.05, 3.63) is 117 Å². The number of methoxy groups -OCH3 is 1. The van der Waals surface area contributed by atoms with Gasteiger partial charge >= 0.3 is 0 Å². The smallest absolute Gasteiger partial charge is 0.269 e. The van der Waals surface area contributed by atoms with Crippen molar-refractivity contribution >= 4 is 23.6 Å². The van der Waals surface area contributed by atoms with Crippen LogP contribution in [0.4, 0.5) is 14.5 Å². The van der Waals surface area contributed by atoms with Crippen LogP contribution in [0, 0.1) is 28.7 Å². The number of hydrogen-bond donors (Lipinski definition) is 0. The standard InChI is InChI=1S/C32H28F2N4O5/c1-21-27(20-30(23-6-11-26(43-2)12-7-23)37(21)29-13-8-24(33)19-28(29)34)32(40)36-17-15-35(16-18-36)31(39)14-5-22-3-9-25(10-4-22)38(41)42/h3-14,19-20H,15-18H2,1-2H3. The molecule has 2 heterocycles. The van der Waals surface area contributed by atoms with Crippen molar-refractivity contribution in [1.82, 2.24) is 14.4 Å². The minimum Gasteiger partial charge on any atom is -0.497 e. The summed E-state index contributed by atoms with van der Waals surface area (Å²) in [5.74, 6) is -1.33. The number of ether oxygens (including phenoxy) is 1. The average Bonchev–Trinajstić information content (AvgIpc) is 3.36. The molecule has 5 rings (SSSR count). The Bertz CT molecular complexity index is 1710. The number of benzene rings is 3. The molecule has 1 aromatic heterocycles. The molecule has 0 bridgehead atoms. The third-order valence-corrected chi connectivity index (χ3v) is 7.41. The molecule has 220 valence electrons. The first-order valence-corrected chi connectivity index (χ1v) is 13.5. The molecular formula is C32H28F2N4O5. The maximum absolute atomic E-state index is 15.0. The number of rotatable bonds is 7. The predicted molar refractivity (Wildman–Crippen MR) is 157 cm³/mol. The molecule has 43 heavy (non-hydrogen) atoms. The number of carbonyl (C=O) groups excluding carboxylic acids is 2. The number of nitrogens with zero attached hydrogens (tertiary/aromatic N) is 4. The van der Waals surface area contributed by atoms with Gasteiger partial charge in [-0.25, -0.2) is 8.78 Å². The van der Waals surface area contributed by atoms with Crippen molar-refractivity contribution in [2.24, 2.45) is 0 Å². The molecule has 4 aromatic rings. The lowest BCUT2D eigenvalue weighted by atomic mass is 10.1. The van der Waals surface area contributed by atoms with Crippen LogP contribution in [-0.2, 0) is 4.79 Å². The predicted octanol–water partition coefficient (Wildman–Crippen LogP) is 5.65. The number of amides is 2. The van der Waals surface area contributed by atoms with Crippen LogP contribution in [0.25, 0.3) is 23.0 Å². The number of halogens is 2. The second kappa shape index (κ2) is 12.3. The van der Waals surface area contributed by atoms with E-state index in [2.05, 4.69) is 0 Å². The highest BCUT2D eigenvalue weighted by Crippen LogP contribution is 2.32. The quantitative estimate of drug-likeness (QED) is 0.159. The summed E-state index contributed by atoms with van der Waals surface area (Å²) in [5.41, 5.74) is 2.85. The van der Waals surface area contributed by atoms with Gasteiger partial charge in [-0.05, 0) is 78.7 Å². The zero-order valence-corrected chi connectivity index (χ0v) is 23.5. The number of non-ortho nitro benzene ring substituents is 1. The Hall–Kier alpha value is -5.32. The van der Waals surface area contributed by atoms with Gasteiger partial charge in [0.15, 0.2) is 0 Å². The van der Waals surface area contributed by atoms with Crippen molar-refractivity contribution in [2.45, 2.75) is 6.92 Å². The Balaban J connectivity index is 1.35. The molecule has 0 unspecified atom stereocenters. The molecule has 3 aromatic carbocycles. The minimum absolute atomic E-state index is 0.0336. The van der Waals surface area contributed by atoms with Gasteiger partial charge in [0.05, 0.1) is 29.0 Å². The van der Waals surface area contributed by atoms with Gasteiger partial charge in [0.1, 0.15) is 17.4 Å². The Morgan fingerprint density at radius 2 is 1.56 bits per heavy atom. The number of nitro groups is 1. The summed E-state index contributed by atoms with van der Waals surface area (Å²) < 4.78 is 35.6. The van der Waals surface area contributed by atoms with Crippen molar-refractivity contribution in [3.8, 4) is 22.7 Å². The van der Waals surface area contributed by atoms with E-state index < -0.39 is 16.6 Å². The molecule has 0 spiro atoms. The van der Waals surface area contributed by atoms with Gasteiger partial charge in [0.25, 0.3) is 11.6 Å². The van der Waals surface area contributed by atoms with Gasteiger partial charge in [-0.1, -0.05) is 0 Å². The topological polar surface area (TPSA) is 97.9 Å². The largest absolute Gasteiger partial charge is 0.497 e. The first-order chi connectivity index (χ1) is 20.7. The van der Waals surface area contributed by atoms with E-state index in [1.165, 1.54) is 30.3 Å². The lowest BCUT2D eigenvalue weighted by molar-refractivity contribution is -0.384. The zero-order valence-electron chi connectivity index (χ0n) is 23.5. The molecule has 1 aliphatic heterocycles. The monoisotopic (exact) mass is 586 g/mol. The molecule has 2 amide bonds. The Morgan fingerprint density at radius 1 is 0.907 bits per heavy atom. The van der Waals surface area contributed by atoms with Crippen molar-refractivity contribution in [3.63, 3.8) is 0 Å². The van der Waals surface area contributed by atoms with E-state index >= 15 is 0 Å². The number of aromatic nitrogens is 1. The van der Waals surface area contributed by atoms with E-state index in [1.807, 2.05) is 0 Å². The van der Waals surface area contributed by atoms with Gasteiger partial charge in [-0.3, -0.25) is 19.7 Å². The SMILES string of the molecule is COc1ccc(-c2cc(C(=O)N3CCN(C(=O)C=Cc4ccc([N+](=O)[O-])cc4)CC3)c(C)n2-c2ccc(F)cc2F)cc1. The van der Waals surface area contributed by atoms with Crippen LogP contribution in [0.15, 0.2) is 78.9 Å². The van der Waals surface area contributed by atoms with Crippen LogP contribution in [-0.4, -0.2) is 64.4 Å². The van der Waals surface area contributed by atoms with Crippen molar-refractivity contribution < 1.29 is 28.0 Å². The summed E-state index contributed by atoms with van der Waals surface area (Å²) in [6.45, 7) is 2.93. The summed E-state index contributed by atoms with van der Waals surface area (Å²) in [5, 5.41) is 10.8. The fourth-order valence-electron chi connectivity index (χ4n) is 5.05. The van der Waals surface area contributed by atoms with Crippen LogP contribution < -0.4 is 4.74 Å².